The van der Waals surface area contributed by atoms with Crippen LogP contribution in [0.2, 0.25) is 0 Å². The zero-order valence-corrected chi connectivity index (χ0v) is 18.7. The Labute approximate surface area is 190 Å². The van der Waals surface area contributed by atoms with Crippen LogP contribution in [0.15, 0.2) is 42.6 Å². The topological polar surface area (TPSA) is 115 Å². The molecule has 2 atom stereocenters. The van der Waals surface area contributed by atoms with Gasteiger partial charge in [0, 0.05) is 29.8 Å². The average molecular weight is 455 g/mol. The number of rotatable bonds is 7. The molecule has 33 heavy (non-hydrogen) atoms. The molecule has 0 bridgehead atoms. The predicted molar refractivity (Wildman–Crippen MR) is 119 cm³/mol. The molecular weight excluding hydrogens is 429 g/mol. The summed E-state index contributed by atoms with van der Waals surface area (Å²) in [6, 6.07) is 6.33. The largest absolute Gasteiger partial charge is 0.478 e. The zero-order chi connectivity index (χ0) is 24.1. The first-order chi connectivity index (χ1) is 15.7. The number of aryl methyl sites for hydroxylation is 1. The van der Waals surface area contributed by atoms with E-state index in [0.717, 1.165) is 34.8 Å². The molecule has 2 aromatic heterocycles. The van der Waals surface area contributed by atoms with Gasteiger partial charge in [0.2, 0.25) is 0 Å². The molecule has 2 heterocycles. The molecule has 0 aliphatic heterocycles. The molecule has 174 valence electrons. The van der Waals surface area contributed by atoms with E-state index in [1.807, 2.05) is 6.20 Å². The molecule has 9 heteroatoms. The summed E-state index contributed by atoms with van der Waals surface area (Å²) >= 11 is 0. The molecule has 3 aromatic rings. The smallest absolute Gasteiger partial charge is 0.328 e. The lowest BCUT2D eigenvalue weighted by Gasteiger charge is -2.11. The molecule has 0 spiro atoms. The summed E-state index contributed by atoms with van der Waals surface area (Å²) in [7, 11) is 0. The number of halogens is 1. The number of benzene rings is 1. The van der Waals surface area contributed by atoms with Gasteiger partial charge in [-0.3, -0.25) is 0 Å². The van der Waals surface area contributed by atoms with E-state index >= 15 is 0 Å². The van der Waals surface area contributed by atoms with Crippen molar-refractivity contribution < 1.29 is 28.9 Å². The molecule has 1 aliphatic rings. The van der Waals surface area contributed by atoms with Gasteiger partial charge in [-0.2, -0.15) is 5.10 Å². The second-order valence-corrected chi connectivity index (χ2v) is 8.13. The Balaban J connectivity index is 0.000000331. The van der Waals surface area contributed by atoms with Crippen molar-refractivity contribution in [1.82, 2.24) is 14.8 Å². The number of hydrogen-bond donors (Lipinski definition) is 2. The van der Waals surface area contributed by atoms with Gasteiger partial charge in [0.1, 0.15) is 17.9 Å². The molecular formula is C24H26FN3O5. The van der Waals surface area contributed by atoms with Crippen molar-refractivity contribution in [3.8, 4) is 5.88 Å². The molecule has 1 aliphatic carbocycles. The Hall–Kier alpha value is -3.75. The number of carboxylic acids is 2. The number of fused-ring (bicyclic) bond motifs is 1. The minimum absolute atomic E-state index is 0.246. The normalized spacial score (nSPS) is 17.0. The van der Waals surface area contributed by atoms with E-state index in [1.54, 1.807) is 12.1 Å². The van der Waals surface area contributed by atoms with Crippen LogP contribution >= 0.6 is 0 Å². The average Bonchev–Trinajstić information content (AvgIpc) is 3.43. The third-order valence-electron chi connectivity index (χ3n) is 5.77. The van der Waals surface area contributed by atoms with Crippen molar-refractivity contribution in [2.24, 2.45) is 11.8 Å². The van der Waals surface area contributed by atoms with Crippen molar-refractivity contribution >= 4 is 22.8 Å². The highest BCUT2D eigenvalue weighted by Crippen LogP contribution is 2.41. The van der Waals surface area contributed by atoms with Gasteiger partial charge in [-0.15, -0.1) is 5.10 Å². The van der Waals surface area contributed by atoms with Crippen LogP contribution in [0.25, 0.3) is 10.9 Å². The van der Waals surface area contributed by atoms with Crippen LogP contribution < -0.4 is 4.74 Å². The van der Waals surface area contributed by atoms with Gasteiger partial charge < -0.3 is 19.5 Å². The first-order valence-electron chi connectivity index (χ1n) is 10.5. The maximum atomic E-state index is 13.1. The van der Waals surface area contributed by atoms with Crippen LogP contribution in [-0.2, 0) is 22.7 Å². The molecule has 0 radical (unpaired) electrons. The molecule has 0 saturated heterocycles. The molecule has 0 unspecified atom stereocenters. The Morgan fingerprint density at radius 2 is 1.79 bits per heavy atom. The maximum absolute atomic E-state index is 13.1. The minimum Gasteiger partial charge on any atom is -0.478 e. The summed E-state index contributed by atoms with van der Waals surface area (Å²) in [5.41, 5.74) is 4.40. The number of hydrogen-bond acceptors (Lipinski definition) is 5. The lowest BCUT2D eigenvalue weighted by Crippen LogP contribution is -2.06. The standard InChI is InChI=1S/C20H22FN3O.C4H4O4/c1-12-8-16(12)10-24-14(3)13(2)18-9-22-23-20(19(18)24)25-11-15-4-6-17(21)7-5-15;5-3(6)1-2-4(7)8/h4-7,9,12,16H,8,10-11H2,1-3H3;1-2H,(H,5,6)(H,7,8)/b;2-1+/t12-,16+;/m0./s1. The van der Waals surface area contributed by atoms with Crippen molar-refractivity contribution in [3.63, 3.8) is 0 Å². The van der Waals surface area contributed by atoms with E-state index in [2.05, 4.69) is 35.5 Å². The van der Waals surface area contributed by atoms with E-state index in [-0.39, 0.29) is 5.82 Å². The van der Waals surface area contributed by atoms with Gasteiger partial charge in [0.15, 0.2) is 0 Å². The molecule has 1 aromatic carbocycles. The van der Waals surface area contributed by atoms with Gasteiger partial charge in [0.25, 0.3) is 5.88 Å². The van der Waals surface area contributed by atoms with E-state index in [9.17, 15) is 14.0 Å². The van der Waals surface area contributed by atoms with Crippen molar-refractivity contribution in [2.75, 3.05) is 0 Å². The number of carbonyl (C=O) groups is 2. The second-order valence-electron chi connectivity index (χ2n) is 8.13. The van der Waals surface area contributed by atoms with Gasteiger partial charge in [-0.1, -0.05) is 19.1 Å². The fourth-order valence-corrected chi connectivity index (χ4v) is 3.55. The van der Waals surface area contributed by atoms with Gasteiger partial charge >= 0.3 is 11.9 Å². The van der Waals surface area contributed by atoms with Crippen molar-refractivity contribution in [3.05, 3.63) is 65.3 Å². The first kappa shape index (κ1) is 23.9. The monoisotopic (exact) mass is 455 g/mol. The van der Waals surface area contributed by atoms with Crippen molar-refractivity contribution in [2.45, 2.75) is 40.3 Å². The van der Waals surface area contributed by atoms with Crippen LogP contribution in [0, 0.1) is 31.5 Å². The molecule has 2 N–H and O–H groups in total. The fourth-order valence-electron chi connectivity index (χ4n) is 3.55. The number of aliphatic carboxylic acids is 2. The number of ether oxygens (including phenoxy) is 1. The highest BCUT2D eigenvalue weighted by Gasteiger charge is 2.34. The van der Waals surface area contributed by atoms with Crippen molar-refractivity contribution in [1.29, 1.82) is 0 Å². The maximum Gasteiger partial charge on any atom is 0.328 e. The van der Waals surface area contributed by atoms with Gasteiger partial charge in [0.05, 0.1) is 6.20 Å². The zero-order valence-electron chi connectivity index (χ0n) is 18.7. The molecule has 0 amide bonds. The quantitative estimate of drug-likeness (QED) is 0.515. The number of aromatic nitrogens is 3. The summed E-state index contributed by atoms with van der Waals surface area (Å²) in [4.78, 5) is 19.1. The third kappa shape index (κ3) is 6.15. The van der Waals surface area contributed by atoms with E-state index in [1.165, 1.54) is 29.8 Å². The summed E-state index contributed by atoms with van der Waals surface area (Å²) in [5, 5.41) is 25.1. The van der Waals surface area contributed by atoms with Crippen LogP contribution in [0.1, 0.15) is 30.2 Å². The molecule has 4 rings (SSSR count). The Morgan fingerprint density at radius 1 is 1.18 bits per heavy atom. The Bertz CT molecular complexity index is 1170. The van der Waals surface area contributed by atoms with Gasteiger partial charge in [-0.25, -0.2) is 14.0 Å². The van der Waals surface area contributed by atoms with Gasteiger partial charge in [-0.05, 0) is 55.4 Å². The summed E-state index contributed by atoms with van der Waals surface area (Å²) < 4.78 is 21.3. The van der Waals surface area contributed by atoms with Crippen LogP contribution in [0.4, 0.5) is 4.39 Å². The number of carboxylic acid groups (broad SMARTS) is 2. The van der Waals surface area contributed by atoms with E-state index in [0.29, 0.717) is 24.6 Å². The van der Waals surface area contributed by atoms with Crippen LogP contribution in [0.5, 0.6) is 5.88 Å². The number of nitrogens with zero attached hydrogens (tertiary/aromatic N) is 3. The van der Waals surface area contributed by atoms with Crippen LogP contribution in [-0.4, -0.2) is 36.9 Å². The molecule has 8 nitrogen and oxygen atoms in total. The summed E-state index contributed by atoms with van der Waals surface area (Å²) in [6.07, 6.45) is 4.21. The third-order valence-corrected chi connectivity index (χ3v) is 5.77. The lowest BCUT2D eigenvalue weighted by molar-refractivity contribution is -0.134. The second kappa shape index (κ2) is 10.2. The van der Waals surface area contributed by atoms with Crippen LogP contribution in [0.3, 0.4) is 0 Å². The Morgan fingerprint density at radius 3 is 2.33 bits per heavy atom. The van der Waals surface area contributed by atoms with E-state index in [4.69, 9.17) is 14.9 Å². The SMILES string of the molecule is Cc1c(C)n(C[C@H]2C[C@@H]2C)c2c(OCc3ccc(F)cc3)nncc12.O=C(O)/C=C/C(=O)O. The summed E-state index contributed by atoms with van der Waals surface area (Å²) in [6.45, 7) is 7.90. The van der Waals surface area contributed by atoms with E-state index < -0.39 is 11.9 Å². The minimum atomic E-state index is -1.26. The highest BCUT2D eigenvalue weighted by molar-refractivity contribution is 5.89. The fraction of sp³-hybridized carbons (Fsp3) is 0.333. The lowest BCUT2D eigenvalue weighted by atomic mass is 10.2. The molecule has 1 saturated carbocycles. The summed E-state index contributed by atoms with van der Waals surface area (Å²) in [5.74, 6) is -0.696. The predicted octanol–water partition coefficient (Wildman–Crippen LogP) is 4.13. The first-order valence-corrected chi connectivity index (χ1v) is 10.5. The Kier molecular flexibility index (Phi) is 7.42. The molecule has 1 fully saturated rings. The highest BCUT2D eigenvalue weighted by atomic mass is 19.1.